The minimum atomic E-state index is -4.58. The number of amides is 2. The Hall–Kier alpha value is -4.21. The van der Waals surface area contributed by atoms with Crippen LogP contribution < -0.4 is 21.3 Å². The number of ether oxygens (including phenoxy) is 2. The topological polar surface area (TPSA) is 106 Å². The van der Waals surface area contributed by atoms with Gasteiger partial charge in [0.15, 0.2) is 0 Å². The molecule has 0 spiro atoms. The highest BCUT2D eigenvalue weighted by molar-refractivity contribution is 6.03. The number of hydrogen-bond donors (Lipinski definition) is 3. The van der Waals surface area contributed by atoms with Crippen LogP contribution in [0, 0.1) is 23.3 Å². The molecule has 2 unspecified atom stereocenters. The van der Waals surface area contributed by atoms with Crippen molar-refractivity contribution in [2.75, 3.05) is 37.7 Å². The van der Waals surface area contributed by atoms with Gasteiger partial charge in [0, 0.05) is 18.2 Å². The van der Waals surface area contributed by atoms with E-state index in [-0.39, 0.29) is 56.0 Å². The van der Waals surface area contributed by atoms with Crippen molar-refractivity contribution in [2.45, 2.75) is 37.6 Å². The fourth-order valence-corrected chi connectivity index (χ4v) is 4.91. The fraction of sp³-hybridized carbons (Fsp3) is 0.355. The molecule has 1 aliphatic rings. The number of anilines is 2. The van der Waals surface area contributed by atoms with E-state index in [0.29, 0.717) is 17.2 Å². The maximum Gasteiger partial charge on any atom is 0.407 e. The van der Waals surface area contributed by atoms with Crippen LogP contribution in [0.1, 0.15) is 23.1 Å². The highest BCUT2D eigenvalue weighted by Gasteiger charge is 2.30. The van der Waals surface area contributed by atoms with Gasteiger partial charge in [-0.3, -0.25) is 9.69 Å². The van der Waals surface area contributed by atoms with E-state index in [4.69, 9.17) is 15.2 Å². The van der Waals surface area contributed by atoms with Crippen molar-refractivity contribution >= 4 is 23.4 Å². The number of halogens is 7. The van der Waals surface area contributed by atoms with Gasteiger partial charge in [0.1, 0.15) is 36.4 Å². The Bertz CT molecular complexity index is 1510. The number of hydrogen-bond acceptors (Lipinski definition) is 6. The van der Waals surface area contributed by atoms with Crippen LogP contribution in [0.25, 0.3) is 0 Å². The monoisotopic (exact) mass is 656 g/mol. The quantitative estimate of drug-likeness (QED) is 0.250. The summed E-state index contributed by atoms with van der Waals surface area (Å²) in [6.07, 6.45) is -6.07. The molecular formula is C31H31F7N4O4. The Morgan fingerprint density at radius 1 is 0.978 bits per heavy atom. The van der Waals surface area contributed by atoms with Crippen molar-refractivity contribution in [1.82, 2.24) is 10.6 Å². The van der Waals surface area contributed by atoms with Gasteiger partial charge in [0.05, 0.1) is 36.7 Å². The first-order chi connectivity index (χ1) is 21.8. The number of nitrogens with zero attached hydrogens (tertiary/aromatic N) is 1. The number of alkyl carbamates (subject to hydrolysis) is 1. The largest absolute Gasteiger partial charge is 0.448 e. The van der Waals surface area contributed by atoms with Crippen LogP contribution in [0.5, 0.6) is 0 Å². The highest BCUT2D eigenvalue weighted by Crippen LogP contribution is 2.36. The van der Waals surface area contributed by atoms with E-state index in [9.17, 15) is 35.9 Å². The molecule has 0 saturated carbocycles. The highest BCUT2D eigenvalue weighted by atomic mass is 19.4. The SMILES string of the molecule is NCC(=O)N(c1cc(F)ccc1Cc1ccc(F)cc1)c1cc(F)cc(F)c1CCC1CNC(COC(=O)NCC(F)(F)F)CO1. The van der Waals surface area contributed by atoms with E-state index >= 15 is 4.39 Å². The van der Waals surface area contributed by atoms with Gasteiger partial charge in [-0.1, -0.05) is 18.2 Å². The Balaban J connectivity index is 1.50. The number of carbonyl (C=O) groups is 2. The molecule has 0 aliphatic carbocycles. The molecule has 1 fully saturated rings. The third kappa shape index (κ3) is 9.64. The summed E-state index contributed by atoms with van der Waals surface area (Å²) in [4.78, 5) is 25.7. The van der Waals surface area contributed by atoms with E-state index in [1.165, 1.54) is 36.4 Å². The number of benzene rings is 3. The molecule has 0 radical (unpaired) electrons. The lowest BCUT2D eigenvalue weighted by Gasteiger charge is -2.31. The predicted octanol–water partition coefficient (Wildman–Crippen LogP) is 5.04. The minimum absolute atomic E-state index is 0.00344. The third-order valence-electron chi connectivity index (χ3n) is 7.13. The molecule has 4 N–H and O–H groups in total. The van der Waals surface area contributed by atoms with Crippen molar-refractivity contribution in [3.05, 3.63) is 94.6 Å². The normalized spacial score (nSPS) is 16.6. The summed E-state index contributed by atoms with van der Waals surface area (Å²) in [5.41, 5.74) is 6.49. The van der Waals surface area contributed by atoms with Gasteiger partial charge in [-0.05, 0) is 60.7 Å². The zero-order valence-corrected chi connectivity index (χ0v) is 24.3. The summed E-state index contributed by atoms with van der Waals surface area (Å²) in [6, 6.07) is 10.3. The second-order valence-corrected chi connectivity index (χ2v) is 10.6. The number of alkyl halides is 3. The zero-order chi connectivity index (χ0) is 33.4. The van der Waals surface area contributed by atoms with Gasteiger partial charge < -0.3 is 25.8 Å². The second kappa shape index (κ2) is 15.4. The second-order valence-electron chi connectivity index (χ2n) is 10.6. The molecule has 2 amide bonds. The first kappa shape index (κ1) is 34.7. The fourth-order valence-electron chi connectivity index (χ4n) is 4.91. The van der Waals surface area contributed by atoms with Crippen molar-refractivity contribution < 1.29 is 49.8 Å². The standard InChI is InChI=1S/C31H31F7N4O4/c32-20-4-1-18(2-5-20)9-19-3-6-21(33)11-27(19)42(29(43)13-39)28-12-22(34)10-26(35)25(28)8-7-24-14-40-23(15-45-24)16-46-30(44)41-17-31(36,37)38/h1-6,10-12,23-24,40H,7-9,13-17,39H2,(H,41,44). The van der Waals surface area contributed by atoms with Crippen LogP contribution in [0.3, 0.4) is 0 Å². The van der Waals surface area contributed by atoms with Gasteiger partial charge in [0.25, 0.3) is 0 Å². The summed E-state index contributed by atoms with van der Waals surface area (Å²) in [5, 5.41) is 4.63. The average Bonchev–Trinajstić information content (AvgIpc) is 3.01. The summed E-state index contributed by atoms with van der Waals surface area (Å²) in [5.74, 6) is -3.89. The predicted molar refractivity (Wildman–Crippen MR) is 153 cm³/mol. The number of morpholine rings is 1. The van der Waals surface area contributed by atoms with E-state index in [0.717, 1.165) is 17.0 Å². The zero-order valence-electron chi connectivity index (χ0n) is 24.3. The lowest BCUT2D eigenvalue weighted by Crippen LogP contribution is -2.49. The molecule has 15 heteroatoms. The molecule has 248 valence electrons. The van der Waals surface area contributed by atoms with Crippen molar-refractivity contribution in [3.8, 4) is 0 Å². The number of nitrogens with one attached hydrogen (secondary N) is 2. The van der Waals surface area contributed by atoms with E-state index in [1.54, 1.807) is 5.32 Å². The summed E-state index contributed by atoms with van der Waals surface area (Å²) in [7, 11) is 0. The molecule has 4 rings (SSSR count). The maximum absolute atomic E-state index is 15.3. The number of carbonyl (C=O) groups excluding carboxylic acids is 2. The lowest BCUT2D eigenvalue weighted by atomic mass is 9.99. The molecular weight excluding hydrogens is 625 g/mol. The Labute approximate surface area is 259 Å². The third-order valence-corrected chi connectivity index (χ3v) is 7.13. The van der Waals surface area contributed by atoms with Crippen LogP contribution in [-0.2, 0) is 27.1 Å². The van der Waals surface area contributed by atoms with Crippen LogP contribution in [0.4, 0.5) is 46.9 Å². The first-order valence-corrected chi connectivity index (χ1v) is 14.2. The molecule has 0 bridgehead atoms. The van der Waals surface area contributed by atoms with Crippen molar-refractivity contribution in [3.63, 3.8) is 0 Å². The van der Waals surface area contributed by atoms with Crippen LogP contribution in [-0.4, -0.2) is 63.2 Å². The Kier molecular flexibility index (Phi) is 11.6. The molecule has 8 nitrogen and oxygen atoms in total. The van der Waals surface area contributed by atoms with Gasteiger partial charge >= 0.3 is 12.3 Å². The smallest absolute Gasteiger partial charge is 0.407 e. The van der Waals surface area contributed by atoms with E-state index < -0.39 is 66.7 Å². The molecule has 1 aliphatic heterocycles. The lowest BCUT2D eigenvalue weighted by molar-refractivity contribution is -0.124. The number of nitrogens with two attached hydrogens (primary N) is 1. The van der Waals surface area contributed by atoms with Crippen LogP contribution in [0.15, 0.2) is 54.6 Å². The summed E-state index contributed by atoms with van der Waals surface area (Å²) in [6.45, 7) is -2.15. The van der Waals surface area contributed by atoms with Crippen LogP contribution >= 0.6 is 0 Å². The molecule has 3 aromatic carbocycles. The van der Waals surface area contributed by atoms with E-state index in [1.807, 2.05) is 0 Å². The molecule has 3 aromatic rings. The summed E-state index contributed by atoms with van der Waals surface area (Å²) < 4.78 is 105. The van der Waals surface area contributed by atoms with E-state index in [2.05, 4.69) is 5.32 Å². The van der Waals surface area contributed by atoms with Gasteiger partial charge in [-0.2, -0.15) is 13.2 Å². The molecule has 1 saturated heterocycles. The molecule has 46 heavy (non-hydrogen) atoms. The Morgan fingerprint density at radius 3 is 2.33 bits per heavy atom. The number of rotatable bonds is 11. The van der Waals surface area contributed by atoms with Crippen LogP contribution in [0.2, 0.25) is 0 Å². The molecule has 1 heterocycles. The maximum atomic E-state index is 15.3. The van der Waals surface area contributed by atoms with Gasteiger partial charge in [-0.15, -0.1) is 0 Å². The van der Waals surface area contributed by atoms with Crippen molar-refractivity contribution in [1.29, 1.82) is 0 Å². The van der Waals surface area contributed by atoms with Gasteiger partial charge in [0.2, 0.25) is 5.91 Å². The van der Waals surface area contributed by atoms with Crippen molar-refractivity contribution in [2.24, 2.45) is 5.73 Å². The first-order valence-electron chi connectivity index (χ1n) is 14.2. The summed E-state index contributed by atoms with van der Waals surface area (Å²) >= 11 is 0. The average molecular weight is 657 g/mol. The minimum Gasteiger partial charge on any atom is -0.448 e. The molecule has 2 atom stereocenters. The van der Waals surface area contributed by atoms with Gasteiger partial charge in [-0.25, -0.2) is 22.4 Å². The molecule has 0 aromatic heterocycles. The Morgan fingerprint density at radius 2 is 1.67 bits per heavy atom.